The first kappa shape index (κ1) is 12.2. The van der Waals surface area contributed by atoms with E-state index < -0.39 is 0 Å². The molecule has 0 amide bonds. The Morgan fingerprint density at radius 2 is 1.80 bits per heavy atom. The van der Waals surface area contributed by atoms with Crippen molar-refractivity contribution in [1.82, 2.24) is 10.3 Å². The number of aromatic nitrogens is 1. The van der Waals surface area contributed by atoms with E-state index >= 15 is 0 Å². The molecule has 0 bridgehead atoms. The molecule has 3 unspecified atom stereocenters. The Balaban J connectivity index is 2.52. The third-order valence-corrected chi connectivity index (χ3v) is 3.22. The predicted octanol–water partition coefficient (Wildman–Crippen LogP) is 3.17. The second kappa shape index (κ2) is 5.86. The first-order chi connectivity index (χ1) is 7.15. The van der Waals surface area contributed by atoms with Gasteiger partial charge in [-0.05, 0) is 37.5 Å². The molecule has 2 heteroatoms. The van der Waals surface area contributed by atoms with Crippen molar-refractivity contribution in [3.05, 3.63) is 30.1 Å². The van der Waals surface area contributed by atoms with Crippen LogP contribution in [0.2, 0.25) is 0 Å². The molecule has 0 saturated heterocycles. The van der Waals surface area contributed by atoms with Gasteiger partial charge in [0, 0.05) is 24.5 Å². The molecule has 84 valence electrons. The van der Waals surface area contributed by atoms with E-state index in [0.717, 1.165) is 0 Å². The molecule has 1 N–H and O–H groups in total. The minimum absolute atomic E-state index is 0.400. The van der Waals surface area contributed by atoms with Crippen LogP contribution in [-0.4, -0.2) is 11.0 Å². The van der Waals surface area contributed by atoms with Crippen LogP contribution < -0.4 is 5.32 Å². The van der Waals surface area contributed by atoms with Crippen LogP contribution in [0.1, 0.15) is 45.7 Å². The summed E-state index contributed by atoms with van der Waals surface area (Å²) >= 11 is 0. The number of nitrogens with one attached hydrogen (secondary N) is 1. The zero-order valence-corrected chi connectivity index (χ0v) is 10.2. The molecular weight excluding hydrogens is 184 g/mol. The Hall–Kier alpha value is -0.890. The lowest BCUT2D eigenvalue weighted by atomic mass is 9.99. The summed E-state index contributed by atoms with van der Waals surface area (Å²) in [5.74, 6) is 0.717. The van der Waals surface area contributed by atoms with Gasteiger partial charge < -0.3 is 5.32 Å². The Morgan fingerprint density at radius 1 is 1.20 bits per heavy atom. The second-order valence-electron chi connectivity index (χ2n) is 4.34. The number of hydrogen-bond donors (Lipinski definition) is 1. The predicted molar refractivity (Wildman–Crippen MR) is 64.7 cm³/mol. The van der Waals surface area contributed by atoms with Crippen LogP contribution in [0.3, 0.4) is 0 Å². The van der Waals surface area contributed by atoms with E-state index in [1.165, 1.54) is 12.0 Å². The van der Waals surface area contributed by atoms with Crippen molar-refractivity contribution in [1.29, 1.82) is 0 Å². The molecule has 0 aliphatic rings. The largest absolute Gasteiger partial charge is 0.307 e. The smallest absolute Gasteiger partial charge is 0.0295 e. The summed E-state index contributed by atoms with van der Waals surface area (Å²) in [6.45, 7) is 8.98. The first-order valence-corrected chi connectivity index (χ1v) is 5.81. The van der Waals surface area contributed by atoms with Gasteiger partial charge in [0.05, 0.1) is 0 Å². The van der Waals surface area contributed by atoms with Crippen molar-refractivity contribution in [2.75, 3.05) is 0 Å². The summed E-state index contributed by atoms with van der Waals surface area (Å²) in [4.78, 5) is 4.03. The van der Waals surface area contributed by atoms with Gasteiger partial charge in [-0.2, -0.15) is 0 Å². The summed E-state index contributed by atoms with van der Waals surface area (Å²) in [5, 5.41) is 3.62. The highest BCUT2D eigenvalue weighted by Gasteiger charge is 2.13. The highest BCUT2D eigenvalue weighted by Crippen LogP contribution is 2.15. The summed E-state index contributed by atoms with van der Waals surface area (Å²) in [6, 6.07) is 5.09. The third kappa shape index (κ3) is 3.63. The van der Waals surface area contributed by atoms with E-state index in [4.69, 9.17) is 0 Å². The minimum atomic E-state index is 0.400. The molecule has 3 atom stereocenters. The van der Waals surface area contributed by atoms with Gasteiger partial charge in [0.25, 0.3) is 0 Å². The fourth-order valence-corrected chi connectivity index (χ4v) is 1.66. The van der Waals surface area contributed by atoms with Crippen LogP contribution in [0, 0.1) is 5.92 Å². The first-order valence-electron chi connectivity index (χ1n) is 5.81. The summed E-state index contributed by atoms with van der Waals surface area (Å²) in [7, 11) is 0. The Kier molecular flexibility index (Phi) is 4.76. The van der Waals surface area contributed by atoms with Gasteiger partial charge in [0.2, 0.25) is 0 Å². The van der Waals surface area contributed by atoms with Crippen LogP contribution in [0.15, 0.2) is 24.5 Å². The molecule has 0 aliphatic heterocycles. The van der Waals surface area contributed by atoms with Crippen molar-refractivity contribution in [3.63, 3.8) is 0 Å². The molecule has 0 aromatic carbocycles. The standard InChI is InChI=1S/C13H22N2/c1-5-10(2)11(3)15-12(4)13-6-8-14-9-7-13/h6-12,15H,5H2,1-4H3. The number of nitrogens with zero attached hydrogens (tertiary/aromatic N) is 1. The van der Waals surface area contributed by atoms with Gasteiger partial charge in [-0.3, -0.25) is 4.98 Å². The molecule has 0 saturated carbocycles. The molecule has 1 aromatic heterocycles. The average molecular weight is 206 g/mol. The molecule has 15 heavy (non-hydrogen) atoms. The second-order valence-corrected chi connectivity index (χ2v) is 4.34. The van der Waals surface area contributed by atoms with Crippen molar-refractivity contribution in [2.45, 2.75) is 46.2 Å². The van der Waals surface area contributed by atoms with Crippen LogP contribution in [0.5, 0.6) is 0 Å². The van der Waals surface area contributed by atoms with E-state index in [1.54, 1.807) is 0 Å². The van der Waals surface area contributed by atoms with Crippen LogP contribution in [0.25, 0.3) is 0 Å². The van der Waals surface area contributed by atoms with Gasteiger partial charge >= 0.3 is 0 Å². The zero-order valence-electron chi connectivity index (χ0n) is 10.2. The lowest BCUT2D eigenvalue weighted by molar-refractivity contribution is 0.360. The van der Waals surface area contributed by atoms with Gasteiger partial charge in [0.1, 0.15) is 0 Å². The Morgan fingerprint density at radius 3 is 2.33 bits per heavy atom. The van der Waals surface area contributed by atoms with Gasteiger partial charge in [0.15, 0.2) is 0 Å². The number of hydrogen-bond acceptors (Lipinski definition) is 2. The molecule has 0 radical (unpaired) electrons. The normalized spacial score (nSPS) is 17.1. The maximum absolute atomic E-state index is 4.03. The molecule has 1 aromatic rings. The average Bonchev–Trinajstić information content (AvgIpc) is 2.29. The van der Waals surface area contributed by atoms with Gasteiger partial charge in [-0.1, -0.05) is 20.3 Å². The SMILES string of the molecule is CCC(C)C(C)NC(C)c1ccncc1. The van der Waals surface area contributed by atoms with E-state index in [0.29, 0.717) is 18.0 Å². The Bertz CT molecular complexity index is 271. The quantitative estimate of drug-likeness (QED) is 0.800. The maximum Gasteiger partial charge on any atom is 0.0295 e. The summed E-state index contributed by atoms with van der Waals surface area (Å²) in [6.07, 6.45) is 4.92. The number of pyridine rings is 1. The maximum atomic E-state index is 4.03. The topological polar surface area (TPSA) is 24.9 Å². The minimum Gasteiger partial charge on any atom is -0.307 e. The van der Waals surface area contributed by atoms with E-state index in [9.17, 15) is 0 Å². The molecule has 0 aliphatic carbocycles. The molecule has 2 nitrogen and oxygen atoms in total. The molecule has 1 heterocycles. The van der Waals surface area contributed by atoms with Gasteiger partial charge in [-0.15, -0.1) is 0 Å². The lowest BCUT2D eigenvalue weighted by Crippen LogP contribution is -2.33. The number of rotatable bonds is 5. The van der Waals surface area contributed by atoms with Crippen molar-refractivity contribution >= 4 is 0 Å². The lowest BCUT2D eigenvalue weighted by Gasteiger charge is -2.24. The van der Waals surface area contributed by atoms with E-state index in [1.807, 2.05) is 12.4 Å². The van der Waals surface area contributed by atoms with Crippen LogP contribution in [0.4, 0.5) is 0 Å². The molecule has 1 rings (SSSR count). The molecule has 0 spiro atoms. The zero-order chi connectivity index (χ0) is 11.3. The fraction of sp³-hybridized carbons (Fsp3) is 0.615. The van der Waals surface area contributed by atoms with Crippen molar-refractivity contribution in [3.8, 4) is 0 Å². The molecular formula is C13H22N2. The molecule has 0 fully saturated rings. The highest BCUT2D eigenvalue weighted by molar-refractivity contribution is 5.14. The van der Waals surface area contributed by atoms with Crippen molar-refractivity contribution < 1.29 is 0 Å². The van der Waals surface area contributed by atoms with Gasteiger partial charge in [-0.25, -0.2) is 0 Å². The van der Waals surface area contributed by atoms with Crippen LogP contribution in [-0.2, 0) is 0 Å². The summed E-state index contributed by atoms with van der Waals surface area (Å²) < 4.78 is 0. The van der Waals surface area contributed by atoms with Crippen LogP contribution >= 0.6 is 0 Å². The third-order valence-electron chi connectivity index (χ3n) is 3.22. The monoisotopic (exact) mass is 206 g/mol. The van der Waals surface area contributed by atoms with E-state index in [2.05, 4.69) is 50.1 Å². The fourth-order valence-electron chi connectivity index (χ4n) is 1.66. The summed E-state index contributed by atoms with van der Waals surface area (Å²) in [5.41, 5.74) is 1.31. The highest BCUT2D eigenvalue weighted by atomic mass is 14.9. The van der Waals surface area contributed by atoms with Crippen molar-refractivity contribution in [2.24, 2.45) is 5.92 Å². The van der Waals surface area contributed by atoms with E-state index in [-0.39, 0.29) is 0 Å². The Labute approximate surface area is 93.1 Å².